The van der Waals surface area contributed by atoms with Gasteiger partial charge in [-0.25, -0.2) is 0 Å². The van der Waals surface area contributed by atoms with Crippen molar-refractivity contribution < 1.29 is 17.9 Å². The van der Waals surface area contributed by atoms with E-state index in [2.05, 4.69) is 12.2 Å². The fourth-order valence-electron chi connectivity index (χ4n) is 1.32. The van der Waals surface area contributed by atoms with Crippen LogP contribution < -0.4 is 10.5 Å². The third kappa shape index (κ3) is 3.87. The van der Waals surface area contributed by atoms with E-state index in [0.717, 1.165) is 11.1 Å². The molecule has 1 unspecified atom stereocenters. The first-order valence-electron chi connectivity index (χ1n) is 5.28. The number of hydrogen-bond donors (Lipinski definition) is 1. The van der Waals surface area contributed by atoms with Crippen LogP contribution in [0.1, 0.15) is 11.1 Å². The summed E-state index contributed by atoms with van der Waals surface area (Å²) in [6, 6.07) is 5.09. The third-order valence-electron chi connectivity index (χ3n) is 2.63. The molecule has 0 radical (unpaired) electrons. The molecule has 18 heavy (non-hydrogen) atoms. The summed E-state index contributed by atoms with van der Waals surface area (Å²) in [5.41, 5.74) is 7.07. The lowest BCUT2D eigenvalue weighted by atomic mass is 10.1. The summed E-state index contributed by atoms with van der Waals surface area (Å²) in [6.07, 6.45) is -4.48. The lowest BCUT2D eigenvalue weighted by Gasteiger charge is -2.19. The molecule has 0 aliphatic heterocycles. The smallest absolute Gasteiger partial charge is 0.401 e. The van der Waals surface area contributed by atoms with Crippen molar-refractivity contribution in [2.45, 2.75) is 20.0 Å². The highest BCUT2D eigenvalue weighted by Crippen LogP contribution is 2.27. The maximum absolute atomic E-state index is 12.6. The Hall–Kier alpha value is -1.30. The normalized spacial score (nSPS) is 13.2. The van der Waals surface area contributed by atoms with Gasteiger partial charge in [0.05, 0.1) is 4.99 Å². The lowest BCUT2D eigenvalue weighted by molar-refractivity contribution is -0.161. The predicted octanol–water partition coefficient (Wildman–Crippen LogP) is 3.15. The van der Waals surface area contributed by atoms with Crippen molar-refractivity contribution in [1.82, 2.24) is 0 Å². The van der Waals surface area contributed by atoms with Gasteiger partial charge in [0, 0.05) is 0 Å². The van der Waals surface area contributed by atoms with Gasteiger partial charge >= 0.3 is 6.18 Å². The van der Waals surface area contributed by atoms with Gasteiger partial charge in [0.1, 0.15) is 18.3 Å². The SMILES string of the molecule is Cc1ccc(OCC(C(N)=S)C(F)(F)F)cc1C. The van der Waals surface area contributed by atoms with Crippen molar-refractivity contribution in [2.75, 3.05) is 6.61 Å². The highest BCUT2D eigenvalue weighted by molar-refractivity contribution is 7.80. The highest BCUT2D eigenvalue weighted by Gasteiger charge is 2.42. The van der Waals surface area contributed by atoms with Crippen LogP contribution in [0.2, 0.25) is 0 Å². The number of alkyl halides is 3. The van der Waals surface area contributed by atoms with Crippen molar-refractivity contribution in [3.05, 3.63) is 29.3 Å². The van der Waals surface area contributed by atoms with E-state index in [1.165, 1.54) is 0 Å². The molecule has 0 saturated heterocycles. The Kier molecular flexibility index (Phi) is 4.56. The lowest BCUT2D eigenvalue weighted by Crippen LogP contribution is -2.38. The van der Waals surface area contributed by atoms with Crippen molar-refractivity contribution in [2.24, 2.45) is 11.7 Å². The van der Waals surface area contributed by atoms with Crippen LogP contribution in [0.15, 0.2) is 18.2 Å². The second-order valence-electron chi connectivity index (χ2n) is 4.05. The monoisotopic (exact) mass is 277 g/mol. The average Bonchev–Trinajstić information content (AvgIpc) is 2.21. The number of halogens is 3. The Morgan fingerprint density at radius 2 is 1.94 bits per heavy atom. The summed E-state index contributed by atoms with van der Waals surface area (Å²) in [7, 11) is 0. The summed E-state index contributed by atoms with van der Waals surface area (Å²) in [5, 5.41) is 0. The van der Waals surface area contributed by atoms with Gasteiger partial charge in [0.15, 0.2) is 0 Å². The van der Waals surface area contributed by atoms with Crippen LogP contribution >= 0.6 is 12.2 Å². The van der Waals surface area contributed by atoms with Crippen molar-refractivity contribution in [1.29, 1.82) is 0 Å². The van der Waals surface area contributed by atoms with Crippen LogP contribution in [-0.4, -0.2) is 17.8 Å². The Balaban J connectivity index is 2.73. The minimum absolute atomic E-state index is 0.378. The summed E-state index contributed by atoms with van der Waals surface area (Å²) >= 11 is 4.40. The van der Waals surface area contributed by atoms with E-state index in [0.29, 0.717) is 5.75 Å². The maximum atomic E-state index is 12.6. The van der Waals surface area contributed by atoms with Crippen LogP contribution in [0.3, 0.4) is 0 Å². The molecule has 1 rings (SSSR count). The summed E-state index contributed by atoms with van der Waals surface area (Å²) < 4.78 is 42.8. The first-order chi connectivity index (χ1) is 8.21. The Labute approximate surface area is 109 Å². The number of aryl methyl sites for hydroxylation is 2. The quantitative estimate of drug-likeness (QED) is 0.859. The molecule has 100 valence electrons. The number of benzene rings is 1. The van der Waals surface area contributed by atoms with Gasteiger partial charge in [-0.1, -0.05) is 18.3 Å². The molecule has 1 atom stereocenters. The van der Waals surface area contributed by atoms with Crippen LogP contribution in [0, 0.1) is 19.8 Å². The number of thiocarbonyl (C=S) groups is 1. The van der Waals surface area contributed by atoms with Crippen molar-refractivity contribution in [3.8, 4) is 5.75 Å². The first-order valence-corrected chi connectivity index (χ1v) is 5.68. The highest BCUT2D eigenvalue weighted by atomic mass is 32.1. The first kappa shape index (κ1) is 14.8. The third-order valence-corrected chi connectivity index (χ3v) is 2.92. The Morgan fingerprint density at radius 3 is 2.39 bits per heavy atom. The summed E-state index contributed by atoms with van der Waals surface area (Å²) in [4.78, 5) is -0.605. The van der Waals surface area contributed by atoms with Crippen LogP contribution in [-0.2, 0) is 0 Å². The molecule has 0 aliphatic carbocycles. The fraction of sp³-hybridized carbons (Fsp3) is 0.417. The molecule has 1 aromatic carbocycles. The van der Waals surface area contributed by atoms with Crippen molar-refractivity contribution >= 4 is 17.2 Å². The fourth-order valence-corrected chi connectivity index (χ4v) is 1.52. The van der Waals surface area contributed by atoms with Crippen LogP contribution in [0.25, 0.3) is 0 Å². The standard InChI is InChI=1S/C12H14F3NOS/c1-7-3-4-9(5-8(7)2)17-6-10(11(16)18)12(13,14)15/h3-5,10H,6H2,1-2H3,(H2,16,18). The molecule has 6 heteroatoms. The molecule has 0 aliphatic rings. The second-order valence-corrected chi connectivity index (χ2v) is 4.53. The van der Waals surface area contributed by atoms with Gasteiger partial charge in [-0.3, -0.25) is 0 Å². The number of hydrogen-bond acceptors (Lipinski definition) is 2. The Morgan fingerprint density at radius 1 is 1.33 bits per heavy atom. The van der Waals surface area contributed by atoms with Gasteiger partial charge in [-0.15, -0.1) is 0 Å². The molecule has 2 nitrogen and oxygen atoms in total. The molecule has 0 aromatic heterocycles. The maximum Gasteiger partial charge on any atom is 0.401 e. The molecule has 0 amide bonds. The van der Waals surface area contributed by atoms with Gasteiger partial charge in [0.2, 0.25) is 0 Å². The molecule has 0 bridgehead atoms. The van der Waals surface area contributed by atoms with E-state index < -0.39 is 23.7 Å². The van der Waals surface area contributed by atoms with E-state index in [4.69, 9.17) is 10.5 Å². The van der Waals surface area contributed by atoms with Gasteiger partial charge in [0.25, 0.3) is 0 Å². The van der Waals surface area contributed by atoms with Gasteiger partial charge in [-0.2, -0.15) is 13.2 Å². The van der Waals surface area contributed by atoms with Gasteiger partial charge in [-0.05, 0) is 37.1 Å². The van der Waals surface area contributed by atoms with E-state index in [9.17, 15) is 13.2 Å². The van der Waals surface area contributed by atoms with E-state index in [-0.39, 0.29) is 0 Å². The minimum Gasteiger partial charge on any atom is -0.492 e. The largest absolute Gasteiger partial charge is 0.492 e. The number of nitrogens with two attached hydrogens (primary N) is 1. The van der Waals surface area contributed by atoms with E-state index in [1.807, 2.05) is 13.8 Å². The molecule has 2 N–H and O–H groups in total. The topological polar surface area (TPSA) is 35.2 Å². The average molecular weight is 277 g/mol. The molecular formula is C12H14F3NOS. The van der Waals surface area contributed by atoms with Gasteiger partial charge < -0.3 is 10.5 Å². The minimum atomic E-state index is -4.48. The molecular weight excluding hydrogens is 263 g/mol. The predicted molar refractivity (Wildman–Crippen MR) is 67.7 cm³/mol. The molecule has 0 spiro atoms. The molecule has 0 fully saturated rings. The zero-order chi connectivity index (χ0) is 13.9. The number of ether oxygens (including phenoxy) is 1. The van der Waals surface area contributed by atoms with Crippen LogP contribution in [0.4, 0.5) is 13.2 Å². The number of rotatable bonds is 4. The zero-order valence-electron chi connectivity index (χ0n) is 10.0. The van der Waals surface area contributed by atoms with Crippen molar-refractivity contribution in [3.63, 3.8) is 0 Å². The van der Waals surface area contributed by atoms with E-state index >= 15 is 0 Å². The Bertz CT molecular complexity index is 445. The molecule has 0 saturated carbocycles. The summed E-state index contributed by atoms with van der Waals surface area (Å²) in [6.45, 7) is 3.17. The van der Waals surface area contributed by atoms with Crippen LogP contribution in [0.5, 0.6) is 5.75 Å². The second kappa shape index (κ2) is 5.56. The molecule has 1 aromatic rings. The zero-order valence-corrected chi connectivity index (χ0v) is 10.9. The van der Waals surface area contributed by atoms with E-state index in [1.54, 1.807) is 18.2 Å². The summed E-state index contributed by atoms with van der Waals surface area (Å²) in [5.74, 6) is -1.54. The molecule has 0 heterocycles.